The second kappa shape index (κ2) is 4.51. The molecule has 1 N–H and O–H groups in total. The molecule has 2 rings (SSSR count). The summed E-state index contributed by atoms with van der Waals surface area (Å²) in [6, 6.07) is 0. The van der Waals surface area contributed by atoms with Crippen LogP contribution in [0.1, 0.15) is 24.1 Å². The maximum absolute atomic E-state index is 12.0. The second-order valence-electron chi connectivity index (χ2n) is 3.63. The monoisotopic (exact) mass is 213 g/mol. The Morgan fingerprint density at radius 2 is 2.07 bits per heavy atom. The van der Waals surface area contributed by atoms with Crippen molar-refractivity contribution >= 4 is 5.82 Å². The minimum atomic E-state index is -2.35. The summed E-state index contributed by atoms with van der Waals surface area (Å²) in [6.45, 7) is -0.344. The van der Waals surface area contributed by atoms with Gasteiger partial charge in [0.25, 0.3) is 6.43 Å². The highest BCUT2D eigenvalue weighted by Gasteiger charge is 2.15. The molecule has 0 saturated carbocycles. The second-order valence-corrected chi connectivity index (χ2v) is 3.63. The molecule has 15 heavy (non-hydrogen) atoms. The quantitative estimate of drug-likeness (QED) is 0.834. The molecule has 82 valence electrons. The number of halogens is 2. The Morgan fingerprint density at radius 1 is 1.27 bits per heavy atom. The Bertz CT molecular complexity index is 341. The summed E-state index contributed by atoms with van der Waals surface area (Å²) in [7, 11) is 0. The molecule has 1 aliphatic carbocycles. The van der Waals surface area contributed by atoms with Gasteiger partial charge in [-0.2, -0.15) is 0 Å². The number of hydrogen-bond acceptors (Lipinski definition) is 3. The summed E-state index contributed by atoms with van der Waals surface area (Å²) < 4.78 is 24.1. The van der Waals surface area contributed by atoms with Gasteiger partial charge in [-0.25, -0.2) is 18.7 Å². The molecule has 1 heterocycles. The number of fused-ring (bicyclic) bond motifs is 1. The Labute approximate surface area is 86.9 Å². The van der Waals surface area contributed by atoms with E-state index in [0.29, 0.717) is 5.82 Å². The molecule has 0 atom stereocenters. The first-order valence-electron chi connectivity index (χ1n) is 5.12. The molecule has 0 amide bonds. The van der Waals surface area contributed by atoms with Crippen molar-refractivity contribution in [3.63, 3.8) is 0 Å². The maximum Gasteiger partial charge on any atom is 0.255 e. The minimum Gasteiger partial charge on any atom is -0.364 e. The molecule has 0 saturated heterocycles. The molecule has 0 aliphatic heterocycles. The van der Waals surface area contributed by atoms with Crippen LogP contribution in [0.4, 0.5) is 14.6 Å². The number of nitrogens with one attached hydrogen (secondary N) is 1. The molecule has 0 spiro atoms. The summed E-state index contributed by atoms with van der Waals surface area (Å²) in [5, 5.41) is 2.67. The van der Waals surface area contributed by atoms with Crippen LogP contribution in [0.3, 0.4) is 0 Å². The highest BCUT2D eigenvalue weighted by molar-refractivity contribution is 5.46. The molecule has 5 heteroatoms. The highest BCUT2D eigenvalue weighted by Crippen LogP contribution is 2.24. The molecule has 0 unspecified atom stereocenters. The van der Waals surface area contributed by atoms with Crippen molar-refractivity contribution in [3.05, 3.63) is 17.6 Å². The van der Waals surface area contributed by atoms with Gasteiger partial charge in [-0.05, 0) is 25.7 Å². The summed E-state index contributed by atoms with van der Waals surface area (Å²) in [6.07, 6.45) is 3.13. The first-order chi connectivity index (χ1) is 7.27. The number of alkyl halides is 2. The third kappa shape index (κ3) is 2.40. The van der Waals surface area contributed by atoms with Crippen LogP contribution >= 0.6 is 0 Å². The van der Waals surface area contributed by atoms with Gasteiger partial charge in [-0.1, -0.05) is 0 Å². The SMILES string of the molecule is FC(F)CNc1ncnc2c1CCCC2. The van der Waals surface area contributed by atoms with Crippen LogP contribution in [0.5, 0.6) is 0 Å². The normalized spacial score (nSPS) is 15.1. The van der Waals surface area contributed by atoms with E-state index in [9.17, 15) is 8.78 Å². The van der Waals surface area contributed by atoms with E-state index in [1.165, 1.54) is 6.33 Å². The Kier molecular flexibility index (Phi) is 3.08. The van der Waals surface area contributed by atoms with Crippen LogP contribution in [0.25, 0.3) is 0 Å². The van der Waals surface area contributed by atoms with Gasteiger partial charge in [-0.15, -0.1) is 0 Å². The van der Waals surface area contributed by atoms with E-state index >= 15 is 0 Å². The van der Waals surface area contributed by atoms with Crippen molar-refractivity contribution in [2.45, 2.75) is 32.1 Å². The summed E-state index contributed by atoms with van der Waals surface area (Å²) in [5.74, 6) is 0.583. The number of aromatic nitrogens is 2. The lowest BCUT2D eigenvalue weighted by molar-refractivity contribution is 0.163. The first kappa shape index (κ1) is 10.3. The number of hydrogen-bond donors (Lipinski definition) is 1. The van der Waals surface area contributed by atoms with Crippen LogP contribution in [0.15, 0.2) is 6.33 Å². The minimum absolute atomic E-state index is 0.344. The van der Waals surface area contributed by atoms with Gasteiger partial charge in [-0.3, -0.25) is 0 Å². The molecule has 0 bridgehead atoms. The van der Waals surface area contributed by atoms with Gasteiger partial charge in [0.15, 0.2) is 0 Å². The largest absolute Gasteiger partial charge is 0.364 e. The summed E-state index contributed by atoms with van der Waals surface area (Å²) in [4.78, 5) is 8.18. The number of anilines is 1. The van der Waals surface area contributed by atoms with Gasteiger partial charge >= 0.3 is 0 Å². The van der Waals surface area contributed by atoms with Crippen molar-refractivity contribution in [3.8, 4) is 0 Å². The lowest BCUT2D eigenvalue weighted by atomic mass is 9.96. The summed E-state index contributed by atoms with van der Waals surface area (Å²) in [5.41, 5.74) is 2.03. The number of nitrogens with zero attached hydrogens (tertiary/aromatic N) is 2. The Hall–Kier alpha value is -1.26. The zero-order valence-corrected chi connectivity index (χ0v) is 8.34. The van der Waals surface area contributed by atoms with Gasteiger partial charge in [0.1, 0.15) is 12.1 Å². The Morgan fingerprint density at radius 3 is 2.87 bits per heavy atom. The van der Waals surface area contributed by atoms with E-state index < -0.39 is 6.43 Å². The average Bonchev–Trinajstić information content (AvgIpc) is 2.26. The molecule has 1 aliphatic rings. The predicted molar refractivity (Wildman–Crippen MR) is 53.2 cm³/mol. The van der Waals surface area contributed by atoms with Crippen molar-refractivity contribution < 1.29 is 8.78 Å². The van der Waals surface area contributed by atoms with Gasteiger partial charge < -0.3 is 5.32 Å². The fourth-order valence-electron chi connectivity index (χ4n) is 1.85. The first-order valence-corrected chi connectivity index (χ1v) is 5.12. The van der Waals surface area contributed by atoms with Crippen molar-refractivity contribution in [1.82, 2.24) is 9.97 Å². The molecule has 1 aromatic heterocycles. The zero-order chi connectivity index (χ0) is 10.7. The fourth-order valence-corrected chi connectivity index (χ4v) is 1.85. The van der Waals surface area contributed by atoms with Crippen molar-refractivity contribution in [2.75, 3.05) is 11.9 Å². The van der Waals surface area contributed by atoms with E-state index in [4.69, 9.17) is 0 Å². The molecule has 0 radical (unpaired) electrons. The number of rotatable bonds is 3. The predicted octanol–water partition coefficient (Wildman–Crippen LogP) is 2.03. The van der Waals surface area contributed by atoms with E-state index in [0.717, 1.165) is 36.9 Å². The highest BCUT2D eigenvalue weighted by atomic mass is 19.3. The lowest BCUT2D eigenvalue weighted by Crippen LogP contribution is -2.16. The number of aryl methyl sites for hydroxylation is 1. The van der Waals surface area contributed by atoms with Crippen molar-refractivity contribution in [2.24, 2.45) is 0 Å². The lowest BCUT2D eigenvalue weighted by Gasteiger charge is -2.17. The molecule has 0 fully saturated rings. The molecule has 0 aromatic carbocycles. The standard InChI is InChI=1S/C10H13F2N3/c11-9(12)5-13-10-7-3-1-2-4-8(7)14-6-15-10/h6,9H,1-5H2,(H,13,14,15). The van der Waals surface area contributed by atoms with E-state index in [1.807, 2.05) is 0 Å². The third-order valence-corrected chi connectivity index (χ3v) is 2.55. The van der Waals surface area contributed by atoms with Gasteiger partial charge in [0.05, 0.1) is 6.54 Å². The molecule has 1 aromatic rings. The Balaban J connectivity index is 2.16. The van der Waals surface area contributed by atoms with Gasteiger partial charge in [0.2, 0.25) is 0 Å². The zero-order valence-electron chi connectivity index (χ0n) is 8.34. The van der Waals surface area contributed by atoms with E-state index in [1.54, 1.807) is 0 Å². The smallest absolute Gasteiger partial charge is 0.255 e. The fraction of sp³-hybridized carbons (Fsp3) is 0.600. The van der Waals surface area contributed by atoms with E-state index in [2.05, 4.69) is 15.3 Å². The topological polar surface area (TPSA) is 37.8 Å². The third-order valence-electron chi connectivity index (χ3n) is 2.55. The van der Waals surface area contributed by atoms with Crippen LogP contribution in [-0.2, 0) is 12.8 Å². The molecular weight excluding hydrogens is 200 g/mol. The summed E-state index contributed by atoms with van der Waals surface area (Å²) >= 11 is 0. The van der Waals surface area contributed by atoms with Crippen LogP contribution in [0, 0.1) is 0 Å². The maximum atomic E-state index is 12.0. The molecular formula is C10H13F2N3. The van der Waals surface area contributed by atoms with Gasteiger partial charge in [0, 0.05) is 11.3 Å². The van der Waals surface area contributed by atoms with Crippen LogP contribution in [-0.4, -0.2) is 22.9 Å². The van der Waals surface area contributed by atoms with Crippen molar-refractivity contribution in [1.29, 1.82) is 0 Å². The van der Waals surface area contributed by atoms with E-state index in [-0.39, 0.29) is 6.54 Å². The van der Waals surface area contributed by atoms with Crippen LogP contribution < -0.4 is 5.32 Å². The average molecular weight is 213 g/mol. The van der Waals surface area contributed by atoms with Crippen LogP contribution in [0.2, 0.25) is 0 Å². The molecule has 3 nitrogen and oxygen atoms in total.